The minimum absolute atomic E-state index is 0.111. The van der Waals surface area contributed by atoms with E-state index in [9.17, 15) is 4.79 Å². The number of primary amides is 1. The van der Waals surface area contributed by atoms with Crippen molar-refractivity contribution < 1.29 is 4.79 Å². The van der Waals surface area contributed by atoms with Crippen molar-refractivity contribution in [2.75, 3.05) is 24.2 Å². The Bertz CT molecular complexity index is 351. The van der Waals surface area contributed by atoms with E-state index in [1.165, 1.54) is 0 Å². The quantitative estimate of drug-likeness (QED) is 0.703. The van der Waals surface area contributed by atoms with Crippen LogP contribution in [0.15, 0.2) is 12.3 Å². The largest absolute Gasteiger partial charge is 0.396 e. The Labute approximate surface area is 82.7 Å². The number of anilines is 2. The van der Waals surface area contributed by atoms with Gasteiger partial charge in [-0.2, -0.15) is 0 Å². The summed E-state index contributed by atoms with van der Waals surface area (Å²) in [7, 11) is 1.72. The van der Waals surface area contributed by atoms with Crippen molar-refractivity contribution in [2.45, 2.75) is 6.92 Å². The molecule has 0 saturated carbocycles. The van der Waals surface area contributed by atoms with Crippen LogP contribution in [0.5, 0.6) is 0 Å². The van der Waals surface area contributed by atoms with E-state index in [4.69, 9.17) is 11.5 Å². The van der Waals surface area contributed by atoms with Gasteiger partial charge in [0.25, 0.3) is 0 Å². The molecule has 0 saturated heterocycles. The van der Waals surface area contributed by atoms with Gasteiger partial charge in [0, 0.05) is 13.2 Å². The molecule has 4 N–H and O–H groups in total. The Morgan fingerprint density at radius 1 is 1.64 bits per heavy atom. The van der Waals surface area contributed by atoms with E-state index in [1.54, 1.807) is 24.2 Å². The summed E-state index contributed by atoms with van der Waals surface area (Å²) in [6, 6.07) is 1.81. The number of carbonyl (C=O) groups excluding carboxylic acids is 1. The minimum Gasteiger partial charge on any atom is -0.396 e. The third kappa shape index (κ3) is 2.35. The standard InChI is InChI=1S/C9H14N4O/c1-6-3-7(10)9(12-4-6)13(2)5-8(11)14/h3-4H,5,10H2,1-2H3,(H2,11,14). The molecule has 0 bridgehead atoms. The molecule has 14 heavy (non-hydrogen) atoms. The van der Waals surface area contributed by atoms with Gasteiger partial charge in [0.1, 0.15) is 0 Å². The van der Waals surface area contributed by atoms with E-state index in [-0.39, 0.29) is 6.54 Å². The van der Waals surface area contributed by atoms with Crippen molar-refractivity contribution in [3.8, 4) is 0 Å². The molecule has 1 amide bonds. The molecule has 0 aromatic carbocycles. The van der Waals surface area contributed by atoms with Gasteiger partial charge in [-0.3, -0.25) is 4.79 Å². The summed E-state index contributed by atoms with van der Waals surface area (Å²) in [6.07, 6.45) is 1.70. The van der Waals surface area contributed by atoms with Crippen LogP contribution >= 0.6 is 0 Å². The van der Waals surface area contributed by atoms with Gasteiger partial charge in [-0.15, -0.1) is 0 Å². The zero-order valence-corrected chi connectivity index (χ0v) is 8.32. The Morgan fingerprint density at radius 2 is 2.29 bits per heavy atom. The van der Waals surface area contributed by atoms with Crippen molar-refractivity contribution in [3.05, 3.63) is 17.8 Å². The number of pyridine rings is 1. The second-order valence-corrected chi connectivity index (χ2v) is 3.25. The third-order valence-corrected chi connectivity index (χ3v) is 1.79. The van der Waals surface area contributed by atoms with Crippen LogP contribution in [0.4, 0.5) is 11.5 Å². The third-order valence-electron chi connectivity index (χ3n) is 1.79. The minimum atomic E-state index is -0.408. The SMILES string of the molecule is Cc1cnc(N(C)CC(N)=O)c(N)c1. The molecule has 0 aliphatic carbocycles. The molecule has 5 heteroatoms. The number of rotatable bonds is 3. The highest BCUT2D eigenvalue weighted by atomic mass is 16.1. The Hall–Kier alpha value is -1.78. The van der Waals surface area contributed by atoms with Gasteiger partial charge in [-0.1, -0.05) is 0 Å². The van der Waals surface area contributed by atoms with Gasteiger partial charge in [0.2, 0.25) is 5.91 Å². The number of aryl methyl sites for hydroxylation is 1. The molecule has 0 spiro atoms. The molecule has 0 unspecified atom stereocenters. The van der Waals surface area contributed by atoms with Crippen LogP contribution in [0, 0.1) is 6.92 Å². The number of nitrogens with zero attached hydrogens (tertiary/aromatic N) is 2. The maximum atomic E-state index is 10.7. The van der Waals surface area contributed by atoms with Crippen molar-refractivity contribution in [3.63, 3.8) is 0 Å². The Kier molecular flexibility index (Phi) is 2.91. The first kappa shape index (κ1) is 10.3. The highest BCUT2D eigenvalue weighted by molar-refractivity contribution is 5.80. The molecule has 1 heterocycles. The lowest BCUT2D eigenvalue weighted by molar-refractivity contribution is -0.116. The molecule has 1 rings (SSSR count). The molecule has 1 aromatic heterocycles. The predicted octanol–water partition coefficient (Wildman–Crippen LogP) is -0.106. The molecule has 0 radical (unpaired) electrons. The zero-order valence-electron chi connectivity index (χ0n) is 8.32. The summed E-state index contributed by atoms with van der Waals surface area (Å²) in [5.74, 6) is 0.170. The fraction of sp³-hybridized carbons (Fsp3) is 0.333. The normalized spacial score (nSPS) is 9.86. The van der Waals surface area contributed by atoms with Gasteiger partial charge in [0.05, 0.1) is 12.2 Å². The summed E-state index contributed by atoms with van der Waals surface area (Å²) < 4.78 is 0. The number of amides is 1. The van der Waals surface area contributed by atoms with Crippen LogP contribution in [0.3, 0.4) is 0 Å². The lowest BCUT2D eigenvalue weighted by Gasteiger charge is -2.17. The molecule has 1 aromatic rings. The number of nitrogen functional groups attached to an aromatic ring is 1. The molecule has 5 nitrogen and oxygen atoms in total. The summed E-state index contributed by atoms with van der Waals surface area (Å²) in [4.78, 5) is 16.4. The highest BCUT2D eigenvalue weighted by Gasteiger charge is 2.08. The Balaban J connectivity index is 2.90. The van der Waals surface area contributed by atoms with Crippen LogP contribution in [0.2, 0.25) is 0 Å². The van der Waals surface area contributed by atoms with Crippen molar-refractivity contribution >= 4 is 17.4 Å². The van der Waals surface area contributed by atoms with E-state index in [0.717, 1.165) is 5.56 Å². The molecular weight excluding hydrogens is 180 g/mol. The van der Waals surface area contributed by atoms with Crippen LogP contribution in [0.1, 0.15) is 5.56 Å². The molecule has 0 aliphatic rings. The number of nitrogens with two attached hydrogens (primary N) is 2. The smallest absolute Gasteiger partial charge is 0.236 e. The number of hydrogen-bond acceptors (Lipinski definition) is 4. The van der Waals surface area contributed by atoms with Gasteiger partial charge in [-0.05, 0) is 18.6 Å². The number of aromatic nitrogens is 1. The fourth-order valence-electron chi connectivity index (χ4n) is 1.21. The van der Waals surface area contributed by atoms with Crippen molar-refractivity contribution in [1.29, 1.82) is 0 Å². The molecular formula is C9H14N4O. The monoisotopic (exact) mass is 194 g/mol. The van der Waals surface area contributed by atoms with Gasteiger partial charge < -0.3 is 16.4 Å². The predicted molar refractivity (Wildman–Crippen MR) is 55.9 cm³/mol. The topological polar surface area (TPSA) is 85.2 Å². The zero-order chi connectivity index (χ0) is 10.7. The number of carbonyl (C=O) groups is 1. The van der Waals surface area contributed by atoms with Crippen LogP contribution < -0.4 is 16.4 Å². The van der Waals surface area contributed by atoms with Crippen LogP contribution in [-0.4, -0.2) is 24.5 Å². The molecule has 0 aliphatic heterocycles. The van der Waals surface area contributed by atoms with Crippen LogP contribution in [0.25, 0.3) is 0 Å². The van der Waals surface area contributed by atoms with Gasteiger partial charge in [-0.25, -0.2) is 4.98 Å². The van der Waals surface area contributed by atoms with Crippen molar-refractivity contribution in [1.82, 2.24) is 4.98 Å². The second-order valence-electron chi connectivity index (χ2n) is 3.25. The molecule has 76 valence electrons. The van der Waals surface area contributed by atoms with E-state index in [1.807, 2.05) is 6.92 Å². The van der Waals surface area contributed by atoms with E-state index in [2.05, 4.69) is 4.98 Å². The maximum absolute atomic E-state index is 10.7. The first-order valence-electron chi connectivity index (χ1n) is 4.22. The molecule has 0 fully saturated rings. The lowest BCUT2D eigenvalue weighted by Crippen LogP contribution is -2.31. The highest BCUT2D eigenvalue weighted by Crippen LogP contribution is 2.18. The first-order chi connectivity index (χ1) is 6.50. The fourth-order valence-corrected chi connectivity index (χ4v) is 1.21. The second kappa shape index (κ2) is 3.95. The molecule has 0 atom stereocenters. The first-order valence-corrected chi connectivity index (χ1v) is 4.22. The van der Waals surface area contributed by atoms with E-state index in [0.29, 0.717) is 11.5 Å². The van der Waals surface area contributed by atoms with E-state index >= 15 is 0 Å². The van der Waals surface area contributed by atoms with Crippen LogP contribution in [-0.2, 0) is 4.79 Å². The average molecular weight is 194 g/mol. The lowest BCUT2D eigenvalue weighted by atomic mass is 10.3. The summed E-state index contributed by atoms with van der Waals surface area (Å²) >= 11 is 0. The van der Waals surface area contributed by atoms with Gasteiger partial charge >= 0.3 is 0 Å². The average Bonchev–Trinajstić information content (AvgIpc) is 2.01. The summed E-state index contributed by atoms with van der Waals surface area (Å²) in [6.45, 7) is 2.02. The number of likely N-dealkylation sites (N-methyl/N-ethyl adjacent to an activating group) is 1. The van der Waals surface area contributed by atoms with Gasteiger partial charge in [0.15, 0.2) is 5.82 Å². The van der Waals surface area contributed by atoms with E-state index < -0.39 is 5.91 Å². The summed E-state index contributed by atoms with van der Waals surface area (Å²) in [5.41, 5.74) is 12.3. The summed E-state index contributed by atoms with van der Waals surface area (Å²) in [5, 5.41) is 0. The Morgan fingerprint density at radius 3 is 2.79 bits per heavy atom. The maximum Gasteiger partial charge on any atom is 0.236 e. The van der Waals surface area contributed by atoms with Crippen molar-refractivity contribution in [2.24, 2.45) is 5.73 Å². The number of hydrogen-bond donors (Lipinski definition) is 2.